The number of hydrogen-bond donors (Lipinski definition) is 0. The van der Waals surface area contributed by atoms with Crippen molar-refractivity contribution in [2.24, 2.45) is 5.92 Å². The molecule has 0 amide bonds. The highest BCUT2D eigenvalue weighted by Gasteiger charge is 2.31. The second-order valence-corrected chi connectivity index (χ2v) is 9.57. The van der Waals surface area contributed by atoms with E-state index in [2.05, 4.69) is 70.8 Å². The summed E-state index contributed by atoms with van der Waals surface area (Å²) < 4.78 is 12.5. The van der Waals surface area contributed by atoms with Gasteiger partial charge in [-0.3, -0.25) is 0 Å². The van der Waals surface area contributed by atoms with Crippen molar-refractivity contribution in [1.29, 1.82) is 0 Å². The van der Waals surface area contributed by atoms with Crippen LogP contribution in [-0.4, -0.2) is 49.1 Å². The van der Waals surface area contributed by atoms with E-state index < -0.39 is 0 Å². The summed E-state index contributed by atoms with van der Waals surface area (Å²) in [5, 5.41) is 0. The maximum absolute atomic E-state index is 5.72. The van der Waals surface area contributed by atoms with Gasteiger partial charge in [-0.25, -0.2) is 4.98 Å². The summed E-state index contributed by atoms with van der Waals surface area (Å²) in [5.74, 6) is 2.72. The molecule has 6 nitrogen and oxygen atoms in total. The van der Waals surface area contributed by atoms with E-state index in [1.807, 2.05) is 6.92 Å². The molecular weight excluding hydrogens is 456 g/mol. The molecule has 0 saturated carbocycles. The summed E-state index contributed by atoms with van der Waals surface area (Å²) in [5.41, 5.74) is 3.39. The van der Waals surface area contributed by atoms with Gasteiger partial charge in [-0.1, -0.05) is 19.9 Å². The number of rotatable bonds is 6. The van der Waals surface area contributed by atoms with Crippen molar-refractivity contribution >= 4 is 33.4 Å². The van der Waals surface area contributed by atoms with E-state index >= 15 is 0 Å². The monoisotopic (exact) mass is 488 g/mol. The number of aryl methyl sites for hydroxylation is 1. The van der Waals surface area contributed by atoms with Crippen LogP contribution >= 0.6 is 15.9 Å². The Kier molecular flexibility index (Phi) is 7.14. The Morgan fingerprint density at radius 3 is 2.45 bits per heavy atom. The molecule has 168 valence electrons. The molecule has 1 aromatic carbocycles. The van der Waals surface area contributed by atoms with Crippen LogP contribution in [0.4, 0.5) is 17.5 Å². The summed E-state index contributed by atoms with van der Waals surface area (Å²) in [6.45, 7) is 12.8. The van der Waals surface area contributed by atoms with Crippen LogP contribution < -0.4 is 9.80 Å². The van der Waals surface area contributed by atoms with E-state index in [-0.39, 0.29) is 6.29 Å². The molecule has 7 heteroatoms. The van der Waals surface area contributed by atoms with Crippen LogP contribution in [0.25, 0.3) is 0 Å². The fourth-order valence-corrected chi connectivity index (χ4v) is 5.00. The number of aromatic nitrogens is 2. The normalized spacial score (nSPS) is 18.2. The molecule has 0 bridgehead atoms. The predicted molar refractivity (Wildman–Crippen MR) is 128 cm³/mol. The van der Waals surface area contributed by atoms with Gasteiger partial charge in [0.1, 0.15) is 5.82 Å². The lowest BCUT2D eigenvalue weighted by atomic mass is 9.96. The molecule has 2 aliphatic heterocycles. The average Bonchev–Trinajstić information content (AvgIpc) is 3.30. The molecule has 0 radical (unpaired) electrons. The molecule has 0 unspecified atom stereocenters. The fraction of sp³-hybridized carbons (Fsp3) is 0.583. The van der Waals surface area contributed by atoms with Crippen LogP contribution in [0, 0.1) is 12.8 Å². The minimum Gasteiger partial charge on any atom is -0.356 e. The predicted octanol–water partition coefficient (Wildman–Crippen LogP) is 5.42. The first-order chi connectivity index (χ1) is 15.0. The molecule has 0 N–H and O–H groups in total. The molecule has 1 aromatic heterocycles. The first kappa shape index (κ1) is 22.5. The molecule has 4 rings (SSSR count). The first-order valence-electron chi connectivity index (χ1n) is 11.4. The third-order valence-corrected chi connectivity index (χ3v) is 6.85. The molecular formula is C24H33BrN4O2. The molecule has 0 spiro atoms. The summed E-state index contributed by atoms with van der Waals surface area (Å²) in [7, 11) is 0. The SMILES string of the molecule is CCN(c1nc(C)cc(N2CCC(C3OCCO3)CC2)n1)c1ccc(C(C)C)cc1Br. The van der Waals surface area contributed by atoms with E-state index in [9.17, 15) is 0 Å². The Morgan fingerprint density at radius 2 is 1.84 bits per heavy atom. The third kappa shape index (κ3) is 5.04. The van der Waals surface area contributed by atoms with Crippen LogP contribution in [0.5, 0.6) is 0 Å². The van der Waals surface area contributed by atoms with E-state index in [1.54, 1.807) is 0 Å². The quantitative estimate of drug-likeness (QED) is 0.540. The largest absolute Gasteiger partial charge is 0.356 e. The topological polar surface area (TPSA) is 50.7 Å². The first-order valence-corrected chi connectivity index (χ1v) is 12.2. The highest BCUT2D eigenvalue weighted by molar-refractivity contribution is 9.10. The van der Waals surface area contributed by atoms with E-state index in [0.717, 1.165) is 73.3 Å². The van der Waals surface area contributed by atoms with E-state index in [4.69, 9.17) is 19.4 Å². The second-order valence-electron chi connectivity index (χ2n) is 8.71. The van der Waals surface area contributed by atoms with Gasteiger partial charge in [-0.05, 0) is 66.2 Å². The lowest BCUT2D eigenvalue weighted by Gasteiger charge is -2.35. The van der Waals surface area contributed by atoms with Crippen molar-refractivity contribution in [3.8, 4) is 0 Å². The number of anilines is 3. The number of piperidine rings is 1. The van der Waals surface area contributed by atoms with Crippen LogP contribution in [0.15, 0.2) is 28.7 Å². The Labute approximate surface area is 194 Å². The highest BCUT2D eigenvalue weighted by Crippen LogP contribution is 2.34. The Hall–Kier alpha value is -1.70. The molecule has 2 fully saturated rings. The maximum atomic E-state index is 5.72. The summed E-state index contributed by atoms with van der Waals surface area (Å²) in [6, 6.07) is 8.66. The lowest BCUT2D eigenvalue weighted by Crippen LogP contribution is -2.38. The second kappa shape index (κ2) is 9.84. The Bertz CT molecular complexity index is 893. The smallest absolute Gasteiger partial charge is 0.232 e. The fourth-order valence-electron chi connectivity index (χ4n) is 4.39. The Balaban J connectivity index is 1.54. The van der Waals surface area contributed by atoms with Crippen molar-refractivity contribution in [2.45, 2.75) is 52.7 Å². The highest BCUT2D eigenvalue weighted by atomic mass is 79.9. The van der Waals surface area contributed by atoms with Gasteiger partial charge in [0, 0.05) is 41.8 Å². The van der Waals surface area contributed by atoms with Gasteiger partial charge in [0.05, 0.1) is 18.9 Å². The molecule has 3 heterocycles. The third-order valence-electron chi connectivity index (χ3n) is 6.21. The van der Waals surface area contributed by atoms with Gasteiger partial charge in [0.15, 0.2) is 6.29 Å². The Morgan fingerprint density at radius 1 is 1.13 bits per heavy atom. The van der Waals surface area contributed by atoms with E-state index in [1.165, 1.54) is 5.56 Å². The number of halogens is 1. The van der Waals surface area contributed by atoms with Crippen LogP contribution in [0.2, 0.25) is 0 Å². The standard InChI is InChI=1S/C24H33BrN4O2/c1-5-29(21-7-6-19(16(2)3)15-20(21)25)24-26-17(4)14-22(27-24)28-10-8-18(9-11-28)23-30-12-13-31-23/h6-7,14-16,18,23H,5,8-13H2,1-4H3. The minimum absolute atomic E-state index is 0.0217. The van der Waals surface area contributed by atoms with Crippen LogP contribution in [-0.2, 0) is 9.47 Å². The van der Waals surface area contributed by atoms with Gasteiger partial charge >= 0.3 is 0 Å². The minimum atomic E-state index is -0.0217. The number of hydrogen-bond acceptors (Lipinski definition) is 6. The van der Waals surface area contributed by atoms with Crippen molar-refractivity contribution in [2.75, 3.05) is 42.6 Å². The van der Waals surface area contributed by atoms with Crippen LogP contribution in [0.1, 0.15) is 50.8 Å². The lowest BCUT2D eigenvalue weighted by molar-refractivity contribution is -0.0889. The summed E-state index contributed by atoms with van der Waals surface area (Å²) >= 11 is 3.78. The van der Waals surface area contributed by atoms with Crippen molar-refractivity contribution in [1.82, 2.24) is 9.97 Å². The summed E-state index contributed by atoms with van der Waals surface area (Å²) in [6.07, 6.45) is 2.09. The maximum Gasteiger partial charge on any atom is 0.232 e. The molecule has 0 aliphatic carbocycles. The molecule has 2 aliphatic rings. The van der Waals surface area contributed by atoms with Gasteiger partial charge < -0.3 is 19.3 Å². The zero-order valence-electron chi connectivity index (χ0n) is 19.0. The van der Waals surface area contributed by atoms with Gasteiger partial charge in [0.25, 0.3) is 0 Å². The molecule has 2 aromatic rings. The zero-order chi connectivity index (χ0) is 22.0. The summed E-state index contributed by atoms with van der Waals surface area (Å²) in [4.78, 5) is 14.3. The molecule has 31 heavy (non-hydrogen) atoms. The number of ether oxygens (including phenoxy) is 2. The van der Waals surface area contributed by atoms with Crippen molar-refractivity contribution in [3.63, 3.8) is 0 Å². The van der Waals surface area contributed by atoms with Crippen molar-refractivity contribution < 1.29 is 9.47 Å². The van der Waals surface area contributed by atoms with Gasteiger partial charge in [0.2, 0.25) is 5.95 Å². The van der Waals surface area contributed by atoms with Gasteiger partial charge in [-0.2, -0.15) is 4.98 Å². The zero-order valence-corrected chi connectivity index (χ0v) is 20.6. The molecule has 0 atom stereocenters. The van der Waals surface area contributed by atoms with E-state index in [0.29, 0.717) is 11.8 Å². The molecule has 2 saturated heterocycles. The number of benzene rings is 1. The van der Waals surface area contributed by atoms with Gasteiger partial charge in [-0.15, -0.1) is 0 Å². The van der Waals surface area contributed by atoms with Crippen LogP contribution in [0.3, 0.4) is 0 Å². The van der Waals surface area contributed by atoms with Crippen molar-refractivity contribution in [3.05, 3.63) is 40.0 Å². The average molecular weight is 489 g/mol. The number of nitrogens with zero attached hydrogens (tertiary/aromatic N) is 4.